The molecule has 1 atom stereocenters. The van der Waals surface area contributed by atoms with Gasteiger partial charge in [-0.2, -0.15) is 16.9 Å². The maximum Gasteiger partial charge on any atom is 0.147 e. The highest BCUT2D eigenvalue weighted by molar-refractivity contribution is 8.00. The number of rotatable bonds is 4. The Labute approximate surface area is 107 Å². The highest BCUT2D eigenvalue weighted by Gasteiger charge is 2.19. The number of hydrogen-bond donors (Lipinski definition) is 2. The number of nitrogen functional groups attached to an aromatic ring is 1. The molecule has 1 aromatic heterocycles. The van der Waals surface area contributed by atoms with Crippen LogP contribution in [0.4, 0.5) is 11.5 Å². The Balaban J connectivity index is 2.04. The molecular weight excluding hydrogens is 232 g/mol. The molecule has 1 unspecified atom stereocenters. The first kappa shape index (κ1) is 12.6. The van der Waals surface area contributed by atoms with Crippen molar-refractivity contribution in [3.05, 3.63) is 5.69 Å². The molecule has 17 heavy (non-hydrogen) atoms. The van der Waals surface area contributed by atoms with Gasteiger partial charge in [0, 0.05) is 18.8 Å². The molecule has 0 aromatic carbocycles. The lowest BCUT2D eigenvalue weighted by molar-refractivity contribution is 0.712. The molecule has 5 heteroatoms. The van der Waals surface area contributed by atoms with Gasteiger partial charge in [-0.3, -0.25) is 4.68 Å². The third-order valence-electron chi connectivity index (χ3n) is 3.18. The summed E-state index contributed by atoms with van der Waals surface area (Å²) in [5.74, 6) is 2.64. The first-order chi connectivity index (χ1) is 8.09. The third-order valence-corrected chi connectivity index (χ3v) is 4.58. The number of thioether (sulfide) groups is 1. The molecule has 1 aromatic rings. The predicted octanol–water partition coefficient (Wildman–Crippen LogP) is 2.43. The molecule has 0 radical (unpaired) electrons. The largest absolute Gasteiger partial charge is 0.394 e. The molecule has 0 spiro atoms. The minimum atomic E-state index is 0.373. The van der Waals surface area contributed by atoms with Crippen molar-refractivity contribution in [2.75, 3.05) is 23.3 Å². The first-order valence-electron chi connectivity index (χ1n) is 6.27. The fourth-order valence-electron chi connectivity index (χ4n) is 2.21. The van der Waals surface area contributed by atoms with Gasteiger partial charge in [0.1, 0.15) is 5.82 Å². The van der Waals surface area contributed by atoms with Crippen molar-refractivity contribution in [3.63, 3.8) is 0 Å². The van der Waals surface area contributed by atoms with Crippen molar-refractivity contribution in [1.29, 1.82) is 0 Å². The molecule has 0 saturated carbocycles. The minimum absolute atomic E-state index is 0.373. The van der Waals surface area contributed by atoms with Crippen LogP contribution in [0.1, 0.15) is 38.3 Å². The third kappa shape index (κ3) is 2.70. The maximum atomic E-state index is 6.14. The van der Waals surface area contributed by atoms with E-state index in [9.17, 15) is 0 Å². The van der Waals surface area contributed by atoms with Crippen molar-refractivity contribution >= 4 is 23.3 Å². The van der Waals surface area contributed by atoms with Gasteiger partial charge in [-0.1, -0.05) is 13.8 Å². The standard InChI is InChI=1S/C12H22N4S/c1-8(2)11-10(13)12(16(3)15-11)14-7-9-5-4-6-17-9/h8-9,14H,4-7,13H2,1-3H3. The number of nitrogens with two attached hydrogens (primary N) is 1. The first-order valence-corrected chi connectivity index (χ1v) is 7.32. The summed E-state index contributed by atoms with van der Waals surface area (Å²) in [6, 6.07) is 0. The summed E-state index contributed by atoms with van der Waals surface area (Å²) in [6.45, 7) is 5.23. The van der Waals surface area contributed by atoms with E-state index in [1.165, 1.54) is 18.6 Å². The zero-order chi connectivity index (χ0) is 12.4. The summed E-state index contributed by atoms with van der Waals surface area (Å²) in [6.07, 6.45) is 2.65. The molecule has 1 saturated heterocycles. The second-order valence-corrected chi connectivity index (χ2v) is 6.35. The van der Waals surface area contributed by atoms with Crippen LogP contribution in [0.25, 0.3) is 0 Å². The summed E-state index contributed by atoms with van der Waals surface area (Å²) >= 11 is 2.05. The second-order valence-electron chi connectivity index (χ2n) is 4.94. The van der Waals surface area contributed by atoms with E-state index in [-0.39, 0.29) is 0 Å². The molecule has 0 bridgehead atoms. The van der Waals surface area contributed by atoms with Crippen LogP contribution in [0.5, 0.6) is 0 Å². The lowest BCUT2D eigenvalue weighted by atomic mass is 10.1. The smallest absolute Gasteiger partial charge is 0.147 e. The van der Waals surface area contributed by atoms with Gasteiger partial charge in [0.05, 0.1) is 11.4 Å². The van der Waals surface area contributed by atoms with E-state index in [1.54, 1.807) is 0 Å². The Hall–Kier alpha value is -0.840. The molecule has 0 amide bonds. The van der Waals surface area contributed by atoms with Gasteiger partial charge < -0.3 is 11.1 Å². The number of nitrogens with one attached hydrogen (secondary N) is 1. The van der Waals surface area contributed by atoms with Crippen LogP contribution in [0.15, 0.2) is 0 Å². The monoisotopic (exact) mass is 254 g/mol. The summed E-state index contributed by atoms with van der Waals surface area (Å²) in [5.41, 5.74) is 7.94. The molecule has 3 N–H and O–H groups in total. The fourth-order valence-corrected chi connectivity index (χ4v) is 3.41. The van der Waals surface area contributed by atoms with Gasteiger partial charge in [0.2, 0.25) is 0 Å². The summed E-state index contributed by atoms with van der Waals surface area (Å²) in [4.78, 5) is 0. The van der Waals surface area contributed by atoms with E-state index in [2.05, 4.69) is 36.0 Å². The Kier molecular flexibility index (Phi) is 3.86. The van der Waals surface area contributed by atoms with E-state index in [0.717, 1.165) is 29.0 Å². The van der Waals surface area contributed by atoms with Crippen molar-refractivity contribution in [2.24, 2.45) is 7.05 Å². The normalized spacial score (nSPS) is 20.1. The van der Waals surface area contributed by atoms with Gasteiger partial charge in [0.25, 0.3) is 0 Å². The molecule has 2 rings (SSSR count). The molecule has 0 aliphatic carbocycles. The Morgan fingerprint density at radius 3 is 2.88 bits per heavy atom. The maximum absolute atomic E-state index is 6.14. The SMILES string of the molecule is CC(C)c1nn(C)c(NCC2CCCS2)c1N. The highest BCUT2D eigenvalue weighted by Crippen LogP contribution is 2.30. The molecule has 96 valence electrons. The van der Waals surface area contributed by atoms with Crippen molar-refractivity contribution in [1.82, 2.24) is 9.78 Å². The van der Waals surface area contributed by atoms with Crippen LogP contribution in [-0.2, 0) is 7.05 Å². The lowest BCUT2D eigenvalue weighted by Gasteiger charge is -2.12. The fraction of sp³-hybridized carbons (Fsp3) is 0.750. The molecule has 4 nitrogen and oxygen atoms in total. The highest BCUT2D eigenvalue weighted by atomic mass is 32.2. The van der Waals surface area contributed by atoms with E-state index in [0.29, 0.717) is 5.92 Å². The van der Waals surface area contributed by atoms with Gasteiger partial charge in [-0.05, 0) is 24.5 Å². The topological polar surface area (TPSA) is 55.9 Å². The summed E-state index contributed by atoms with van der Waals surface area (Å²) in [5, 5.41) is 8.66. The molecule has 1 fully saturated rings. The lowest BCUT2D eigenvalue weighted by Crippen LogP contribution is -2.16. The predicted molar refractivity (Wildman–Crippen MR) is 75.7 cm³/mol. The van der Waals surface area contributed by atoms with E-state index < -0.39 is 0 Å². The van der Waals surface area contributed by atoms with Crippen molar-refractivity contribution < 1.29 is 0 Å². The number of nitrogens with zero attached hydrogens (tertiary/aromatic N) is 2. The zero-order valence-electron chi connectivity index (χ0n) is 10.9. The van der Waals surface area contributed by atoms with Gasteiger partial charge in [-0.25, -0.2) is 0 Å². The van der Waals surface area contributed by atoms with E-state index >= 15 is 0 Å². The van der Waals surface area contributed by atoms with Crippen LogP contribution in [-0.4, -0.2) is 27.3 Å². The second kappa shape index (κ2) is 5.21. The zero-order valence-corrected chi connectivity index (χ0v) is 11.7. The number of anilines is 2. The Morgan fingerprint density at radius 1 is 1.59 bits per heavy atom. The van der Waals surface area contributed by atoms with Crippen LogP contribution in [0.3, 0.4) is 0 Å². The Morgan fingerprint density at radius 2 is 2.35 bits per heavy atom. The quantitative estimate of drug-likeness (QED) is 0.866. The number of hydrogen-bond acceptors (Lipinski definition) is 4. The van der Waals surface area contributed by atoms with E-state index in [1.807, 2.05) is 11.7 Å². The van der Waals surface area contributed by atoms with Gasteiger partial charge in [-0.15, -0.1) is 0 Å². The van der Waals surface area contributed by atoms with Crippen LogP contribution in [0, 0.1) is 0 Å². The van der Waals surface area contributed by atoms with E-state index in [4.69, 9.17) is 5.73 Å². The number of aryl methyl sites for hydroxylation is 1. The summed E-state index contributed by atoms with van der Waals surface area (Å²) in [7, 11) is 1.95. The van der Waals surface area contributed by atoms with Gasteiger partial charge >= 0.3 is 0 Å². The molecule has 2 heterocycles. The Bertz CT molecular complexity index is 380. The molecular formula is C12H22N4S. The van der Waals surface area contributed by atoms with Crippen molar-refractivity contribution in [3.8, 4) is 0 Å². The number of aromatic nitrogens is 2. The molecule has 1 aliphatic heterocycles. The average molecular weight is 254 g/mol. The van der Waals surface area contributed by atoms with Crippen LogP contribution in [0.2, 0.25) is 0 Å². The average Bonchev–Trinajstić information content (AvgIpc) is 2.86. The molecule has 1 aliphatic rings. The van der Waals surface area contributed by atoms with Crippen LogP contribution >= 0.6 is 11.8 Å². The summed E-state index contributed by atoms with van der Waals surface area (Å²) < 4.78 is 1.87. The minimum Gasteiger partial charge on any atom is -0.394 e. The van der Waals surface area contributed by atoms with Gasteiger partial charge in [0.15, 0.2) is 0 Å². The van der Waals surface area contributed by atoms with Crippen LogP contribution < -0.4 is 11.1 Å². The van der Waals surface area contributed by atoms with Crippen molar-refractivity contribution in [2.45, 2.75) is 37.9 Å².